The Morgan fingerprint density at radius 3 is 2.46 bits per heavy atom. The number of hydrogen-bond donors (Lipinski definition) is 3. The summed E-state index contributed by atoms with van der Waals surface area (Å²) in [6.45, 7) is 2.73. The number of aliphatic carboxylic acids is 1. The van der Waals surface area contributed by atoms with Gasteiger partial charge < -0.3 is 25.2 Å². The van der Waals surface area contributed by atoms with Crippen LogP contribution in [0.25, 0.3) is 22.4 Å². The Balaban J connectivity index is 0.000000405. The van der Waals surface area contributed by atoms with Crippen LogP contribution in [0.2, 0.25) is 0 Å². The number of hydrogen-bond acceptors (Lipinski definition) is 9. The molecule has 1 aliphatic carbocycles. The van der Waals surface area contributed by atoms with E-state index in [1.165, 1.54) is 12.8 Å². The lowest BCUT2D eigenvalue weighted by molar-refractivity contribution is -0.192. The first-order valence-corrected chi connectivity index (χ1v) is 11.5. The summed E-state index contributed by atoms with van der Waals surface area (Å²) < 4.78 is 36.9. The van der Waals surface area contributed by atoms with Gasteiger partial charge in [0.2, 0.25) is 11.8 Å². The number of carbonyl (C=O) groups is 1. The first-order chi connectivity index (χ1) is 17.7. The number of carboxylic acid groups (broad SMARTS) is 1. The number of halogens is 3. The zero-order valence-electron chi connectivity index (χ0n) is 19.8. The summed E-state index contributed by atoms with van der Waals surface area (Å²) in [6.07, 6.45) is 0.897. The first-order valence-electron chi connectivity index (χ1n) is 11.5. The highest BCUT2D eigenvalue weighted by Gasteiger charge is 2.38. The number of nitrogens with one attached hydrogen (secondary N) is 1. The maximum Gasteiger partial charge on any atom is 0.490 e. The van der Waals surface area contributed by atoms with Crippen LogP contribution >= 0.6 is 0 Å². The van der Waals surface area contributed by atoms with E-state index in [9.17, 15) is 18.3 Å². The van der Waals surface area contributed by atoms with Crippen molar-refractivity contribution in [1.82, 2.24) is 25.5 Å². The fraction of sp³-hybridized carbons (Fsp3) is 0.375. The van der Waals surface area contributed by atoms with Crippen molar-refractivity contribution in [3.05, 3.63) is 42.7 Å². The quantitative estimate of drug-likeness (QED) is 0.463. The van der Waals surface area contributed by atoms with Crippen LogP contribution in [-0.2, 0) is 4.79 Å². The predicted molar refractivity (Wildman–Crippen MR) is 127 cm³/mol. The lowest BCUT2D eigenvalue weighted by Gasteiger charge is -2.33. The topological polar surface area (TPSA) is 134 Å². The van der Waals surface area contributed by atoms with Gasteiger partial charge in [0, 0.05) is 43.5 Å². The van der Waals surface area contributed by atoms with Crippen LogP contribution in [0.3, 0.4) is 0 Å². The molecular weight excluding hydrogens is 493 g/mol. The molecule has 2 aromatic heterocycles. The maximum absolute atomic E-state index is 10.6. The molecule has 0 amide bonds. The molecule has 0 radical (unpaired) electrons. The zero-order valence-corrected chi connectivity index (χ0v) is 19.8. The molecule has 3 aromatic rings. The van der Waals surface area contributed by atoms with Gasteiger partial charge in [0.1, 0.15) is 11.4 Å². The highest BCUT2D eigenvalue weighted by Crippen LogP contribution is 2.35. The van der Waals surface area contributed by atoms with E-state index in [4.69, 9.17) is 14.6 Å². The number of nitrogens with zero attached hydrogens (tertiary/aromatic N) is 5. The predicted octanol–water partition coefficient (Wildman–Crippen LogP) is 3.14. The molecular formula is C24H25F3N6O4. The number of benzene rings is 1. The number of ether oxygens (including phenoxy) is 1. The van der Waals surface area contributed by atoms with E-state index in [0.29, 0.717) is 29.1 Å². The van der Waals surface area contributed by atoms with E-state index in [2.05, 4.69) is 30.4 Å². The van der Waals surface area contributed by atoms with Gasteiger partial charge >= 0.3 is 12.1 Å². The monoisotopic (exact) mass is 518 g/mol. The minimum atomic E-state index is -5.08. The smallest absolute Gasteiger partial charge is 0.490 e. The third kappa shape index (κ3) is 6.61. The van der Waals surface area contributed by atoms with E-state index in [-0.39, 0.29) is 5.75 Å². The highest BCUT2D eigenvalue weighted by atomic mass is 19.4. The molecule has 5 rings (SSSR count). The van der Waals surface area contributed by atoms with Gasteiger partial charge in [0.05, 0.1) is 13.3 Å². The van der Waals surface area contributed by atoms with Crippen molar-refractivity contribution in [1.29, 1.82) is 0 Å². The summed E-state index contributed by atoms with van der Waals surface area (Å²) in [5.41, 5.74) is 2.92. The van der Waals surface area contributed by atoms with Gasteiger partial charge in [-0.1, -0.05) is 6.07 Å². The Bertz CT molecular complexity index is 1240. The molecule has 1 atom stereocenters. The Hall–Kier alpha value is -4.00. The normalized spacial score (nSPS) is 17.5. The molecule has 1 saturated heterocycles. The SMILES string of the molecule is COc1cc(-c2ccc(-c3cnc(N4CCN[C@@H](C5CC5)C4)nn3)c(O)c2)ccn1.O=C(O)C(F)(F)F. The number of rotatable bonds is 5. The van der Waals surface area contributed by atoms with Crippen molar-refractivity contribution in [2.45, 2.75) is 25.1 Å². The van der Waals surface area contributed by atoms with Crippen molar-refractivity contribution in [2.24, 2.45) is 5.92 Å². The molecule has 2 aliphatic rings. The standard InChI is InChI=1S/C22H24N6O2.C2HF3O2/c1-30-21-11-16(6-7-24-21)15-4-5-17(20(29)10-15)18-12-25-22(27-26-18)28-9-8-23-19(13-28)14-2-3-14;3-2(4,5)1(6)7/h4-7,10-12,14,19,23,29H,2-3,8-9,13H2,1H3;(H,6,7)/t19-;/m1./s1. The van der Waals surface area contributed by atoms with Crippen LogP contribution in [0.5, 0.6) is 11.6 Å². The maximum atomic E-state index is 10.6. The molecule has 10 nitrogen and oxygen atoms in total. The summed E-state index contributed by atoms with van der Waals surface area (Å²) in [5.74, 6) is -0.670. The number of alkyl halides is 3. The summed E-state index contributed by atoms with van der Waals surface area (Å²) in [6, 6.07) is 9.68. The van der Waals surface area contributed by atoms with Crippen molar-refractivity contribution in [3.8, 4) is 34.0 Å². The minimum Gasteiger partial charge on any atom is -0.507 e. The second kappa shape index (κ2) is 10.9. The summed E-state index contributed by atoms with van der Waals surface area (Å²) in [4.78, 5) is 19.7. The van der Waals surface area contributed by atoms with E-state index >= 15 is 0 Å². The van der Waals surface area contributed by atoms with Gasteiger partial charge in [0.25, 0.3) is 0 Å². The van der Waals surface area contributed by atoms with Gasteiger partial charge in [-0.3, -0.25) is 0 Å². The van der Waals surface area contributed by atoms with Gasteiger partial charge in [-0.15, -0.1) is 10.2 Å². The number of methoxy groups -OCH3 is 1. The van der Waals surface area contributed by atoms with Crippen LogP contribution in [0.1, 0.15) is 12.8 Å². The Morgan fingerprint density at radius 1 is 1.14 bits per heavy atom. The molecule has 3 heterocycles. The van der Waals surface area contributed by atoms with Crippen molar-refractivity contribution in [2.75, 3.05) is 31.6 Å². The molecule has 2 fully saturated rings. The third-order valence-corrected chi connectivity index (χ3v) is 6.02. The van der Waals surface area contributed by atoms with E-state index in [1.54, 1.807) is 25.6 Å². The molecule has 13 heteroatoms. The van der Waals surface area contributed by atoms with E-state index in [0.717, 1.165) is 36.7 Å². The van der Waals surface area contributed by atoms with Gasteiger partial charge in [0.15, 0.2) is 0 Å². The molecule has 1 aromatic carbocycles. The van der Waals surface area contributed by atoms with E-state index in [1.807, 2.05) is 24.3 Å². The lowest BCUT2D eigenvalue weighted by Crippen LogP contribution is -2.52. The second-order valence-electron chi connectivity index (χ2n) is 8.61. The number of phenolic OH excluding ortho intramolecular Hbond substituents is 1. The number of anilines is 1. The number of aromatic hydroxyl groups is 1. The molecule has 3 N–H and O–H groups in total. The fourth-order valence-corrected chi connectivity index (χ4v) is 3.94. The fourth-order valence-electron chi connectivity index (χ4n) is 3.94. The minimum absolute atomic E-state index is 0.128. The molecule has 0 bridgehead atoms. The van der Waals surface area contributed by atoms with Crippen LogP contribution in [0.15, 0.2) is 42.7 Å². The van der Waals surface area contributed by atoms with Crippen molar-refractivity contribution in [3.63, 3.8) is 0 Å². The lowest BCUT2D eigenvalue weighted by atomic mass is 10.0. The van der Waals surface area contributed by atoms with Crippen LogP contribution in [0, 0.1) is 5.92 Å². The average Bonchev–Trinajstić information content (AvgIpc) is 3.75. The van der Waals surface area contributed by atoms with Crippen molar-refractivity contribution < 1.29 is 32.9 Å². The molecule has 196 valence electrons. The molecule has 1 saturated carbocycles. The van der Waals surface area contributed by atoms with Crippen molar-refractivity contribution >= 4 is 11.9 Å². The number of piperazine rings is 1. The highest BCUT2D eigenvalue weighted by molar-refractivity contribution is 5.74. The summed E-state index contributed by atoms with van der Waals surface area (Å²) in [7, 11) is 1.58. The largest absolute Gasteiger partial charge is 0.507 e. The summed E-state index contributed by atoms with van der Waals surface area (Å²) in [5, 5.41) is 30.0. The third-order valence-electron chi connectivity index (χ3n) is 6.02. The van der Waals surface area contributed by atoms with Gasteiger partial charge in [-0.05, 0) is 48.1 Å². The summed E-state index contributed by atoms with van der Waals surface area (Å²) >= 11 is 0. The van der Waals surface area contributed by atoms with Gasteiger partial charge in [-0.25, -0.2) is 14.8 Å². The Kier molecular flexibility index (Phi) is 7.71. The molecule has 0 spiro atoms. The first kappa shape index (κ1) is 26.1. The average molecular weight is 518 g/mol. The molecule has 1 aliphatic heterocycles. The van der Waals surface area contributed by atoms with Crippen LogP contribution in [0.4, 0.5) is 19.1 Å². The number of phenols is 1. The van der Waals surface area contributed by atoms with Crippen LogP contribution < -0.4 is 15.0 Å². The molecule has 0 unspecified atom stereocenters. The van der Waals surface area contributed by atoms with Crippen LogP contribution in [-0.4, -0.2) is 75.3 Å². The Morgan fingerprint density at radius 2 is 1.86 bits per heavy atom. The number of aromatic nitrogens is 4. The van der Waals surface area contributed by atoms with Gasteiger partial charge in [-0.2, -0.15) is 13.2 Å². The second-order valence-corrected chi connectivity index (χ2v) is 8.61. The van der Waals surface area contributed by atoms with E-state index < -0.39 is 12.1 Å². The number of carboxylic acids is 1. The zero-order chi connectivity index (χ0) is 26.6. The number of pyridine rings is 1. The Labute approximate surface area is 210 Å². The molecule has 37 heavy (non-hydrogen) atoms.